The van der Waals surface area contributed by atoms with E-state index >= 15 is 0 Å². The Bertz CT molecular complexity index is 246. The zero-order valence-corrected chi connectivity index (χ0v) is 11.5. The molecule has 4 unspecified atom stereocenters. The van der Waals surface area contributed by atoms with Crippen LogP contribution in [0, 0.1) is 5.92 Å². The summed E-state index contributed by atoms with van der Waals surface area (Å²) in [5.74, 6) is 0.638. The maximum Gasteiger partial charge on any atom is 0.0666 e. The Hall–Kier alpha value is -0.120. The summed E-state index contributed by atoms with van der Waals surface area (Å²) in [6, 6.07) is 1.26. The highest BCUT2D eigenvalue weighted by Crippen LogP contribution is 2.28. The molecular formula is C14H27NO2. The van der Waals surface area contributed by atoms with Crippen LogP contribution < -0.4 is 5.32 Å². The Morgan fingerprint density at radius 3 is 2.82 bits per heavy atom. The molecule has 2 aliphatic heterocycles. The van der Waals surface area contributed by atoms with Gasteiger partial charge in [0, 0.05) is 25.3 Å². The van der Waals surface area contributed by atoms with E-state index in [2.05, 4.69) is 26.1 Å². The molecule has 0 saturated carbocycles. The summed E-state index contributed by atoms with van der Waals surface area (Å²) in [6.07, 6.45) is 4.56. The van der Waals surface area contributed by atoms with Crippen molar-refractivity contribution in [3.05, 3.63) is 0 Å². The minimum atomic E-state index is 0.0876. The quantitative estimate of drug-likeness (QED) is 0.822. The molecule has 2 rings (SSSR count). The van der Waals surface area contributed by atoms with Gasteiger partial charge in [-0.15, -0.1) is 0 Å². The van der Waals surface area contributed by atoms with Gasteiger partial charge in [0.15, 0.2) is 0 Å². The first-order valence-corrected chi connectivity index (χ1v) is 7.11. The van der Waals surface area contributed by atoms with E-state index in [0.29, 0.717) is 18.0 Å². The highest BCUT2D eigenvalue weighted by Gasteiger charge is 2.33. The average molecular weight is 241 g/mol. The van der Waals surface area contributed by atoms with E-state index in [0.717, 1.165) is 45.5 Å². The van der Waals surface area contributed by atoms with E-state index in [9.17, 15) is 0 Å². The van der Waals surface area contributed by atoms with E-state index in [1.54, 1.807) is 0 Å². The first-order chi connectivity index (χ1) is 8.13. The van der Waals surface area contributed by atoms with Gasteiger partial charge in [0.25, 0.3) is 0 Å². The van der Waals surface area contributed by atoms with Crippen molar-refractivity contribution in [3.63, 3.8) is 0 Å². The lowest BCUT2D eigenvalue weighted by molar-refractivity contribution is -0.0819. The third kappa shape index (κ3) is 3.43. The molecule has 2 fully saturated rings. The molecular weight excluding hydrogens is 214 g/mol. The van der Waals surface area contributed by atoms with E-state index in [-0.39, 0.29) is 5.60 Å². The van der Waals surface area contributed by atoms with Crippen LogP contribution in [0.2, 0.25) is 0 Å². The van der Waals surface area contributed by atoms with Gasteiger partial charge in [0.05, 0.1) is 12.2 Å². The van der Waals surface area contributed by atoms with Crippen LogP contribution in [-0.4, -0.2) is 37.5 Å². The predicted octanol–water partition coefficient (Wildman–Crippen LogP) is 2.35. The van der Waals surface area contributed by atoms with Gasteiger partial charge in [-0.2, -0.15) is 0 Å². The fraction of sp³-hybridized carbons (Fsp3) is 1.00. The standard InChI is InChI=1S/C14H27NO2/c1-4-14(3)9-12(5-8-17-14)15-13-6-7-16-10-11(13)2/h11-13,15H,4-10H2,1-3H3. The van der Waals surface area contributed by atoms with Crippen molar-refractivity contribution in [2.75, 3.05) is 19.8 Å². The van der Waals surface area contributed by atoms with Gasteiger partial charge in [-0.3, -0.25) is 0 Å². The number of nitrogens with one attached hydrogen (secondary N) is 1. The van der Waals surface area contributed by atoms with Crippen molar-refractivity contribution in [2.45, 2.75) is 64.1 Å². The van der Waals surface area contributed by atoms with Crippen LogP contribution in [0.15, 0.2) is 0 Å². The summed E-state index contributed by atoms with van der Waals surface area (Å²) in [4.78, 5) is 0. The maximum absolute atomic E-state index is 5.90. The van der Waals surface area contributed by atoms with Gasteiger partial charge in [0.1, 0.15) is 0 Å². The fourth-order valence-electron chi connectivity index (χ4n) is 2.95. The molecule has 0 aliphatic carbocycles. The summed E-state index contributed by atoms with van der Waals surface area (Å²) in [5, 5.41) is 3.84. The van der Waals surface area contributed by atoms with Gasteiger partial charge < -0.3 is 14.8 Å². The Labute approximate surface area is 105 Å². The lowest BCUT2D eigenvalue weighted by Crippen LogP contribution is -2.51. The predicted molar refractivity (Wildman–Crippen MR) is 69.2 cm³/mol. The summed E-state index contributed by atoms with van der Waals surface area (Å²) in [5.41, 5.74) is 0.0876. The lowest BCUT2D eigenvalue weighted by atomic mass is 9.88. The van der Waals surface area contributed by atoms with Crippen LogP contribution in [0.5, 0.6) is 0 Å². The van der Waals surface area contributed by atoms with Crippen LogP contribution in [0.3, 0.4) is 0 Å². The number of hydrogen-bond donors (Lipinski definition) is 1. The Kier molecular flexibility index (Phi) is 4.45. The summed E-state index contributed by atoms with van der Waals surface area (Å²) in [6.45, 7) is 9.48. The van der Waals surface area contributed by atoms with E-state index in [4.69, 9.17) is 9.47 Å². The van der Waals surface area contributed by atoms with Crippen LogP contribution in [0.4, 0.5) is 0 Å². The second kappa shape index (κ2) is 5.68. The maximum atomic E-state index is 5.90. The summed E-state index contributed by atoms with van der Waals surface area (Å²) >= 11 is 0. The monoisotopic (exact) mass is 241 g/mol. The second-order valence-corrected chi connectivity index (χ2v) is 5.96. The van der Waals surface area contributed by atoms with Gasteiger partial charge in [-0.25, -0.2) is 0 Å². The molecule has 3 heteroatoms. The minimum absolute atomic E-state index is 0.0876. The largest absolute Gasteiger partial charge is 0.381 e. The van der Waals surface area contributed by atoms with Crippen molar-refractivity contribution >= 4 is 0 Å². The third-order valence-corrected chi connectivity index (χ3v) is 4.43. The van der Waals surface area contributed by atoms with Crippen molar-refractivity contribution in [2.24, 2.45) is 5.92 Å². The molecule has 3 nitrogen and oxygen atoms in total. The molecule has 0 spiro atoms. The van der Waals surface area contributed by atoms with Crippen LogP contribution in [0.1, 0.15) is 46.5 Å². The van der Waals surface area contributed by atoms with Gasteiger partial charge in [-0.05, 0) is 38.5 Å². The molecule has 4 atom stereocenters. The highest BCUT2D eigenvalue weighted by molar-refractivity contribution is 4.89. The lowest BCUT2D eigenvalue weighted by Gasteiger charge is -2.41. The molecule has 0 bridgehead atoms. The van der Waals surface area contributed by atoms with E-state index in [1.807, 2.05) is 0 Å². The van der Waals surface area contributed by atoms with Gasteiger partial charge in [-0.1, -0.05) is 13.8 Å². The Balaban J connectivity index is 1.85. The minimum Gasteiger partial charge on any atom is -0.381 e. The number of rotatable bonds is 3. The van der Waals surface area contributed by atoms with Crippen LogP contribution >= 0.6 is 0 Å². The normalized spacial score (nSPS) is 43.6. The van der Waals surface area contributed by atoms with Gasteiger partial charge in [0.2, 0.25) is 0 Å². The summed E-state index contributed by atoms with van der Waals surface area (Å²) in [7, 11) is 0. The molecule has 0 amide bonds. The molecule has 0 aromatic heterocycles. The molecule has 1 N–H and O–H groups in total. The number of ether oxygens (including phenoxy) is 2. The smallest absolute Gasteiger partial charge is 0.0666 e. The number of hydrogen-bond acceptors (Lipinski definition) is 3. The van der Waals surface area contributed by atoms with Crippen molar-refractivity contribution in [3.8, 4) is 0 Å². The molecule has 0 aromatic rings. The topological polar surface area (TPSA) is 30.5 Å². The zero-order chi connectivity index (χ0) is 12.3. The first kappa shape index (κ1) is 13.3. The van der Waals surface area contributed by atoms with Gasteiger partial charge >= 0.3 is 0 Å². The SMILES string of the molecule is CCC1(C)CC(NC2CCOCC2C)CCO1. The fourth-order valence-corrected chi connectivity index (χ4v) is 2.95. The van der Waals surface area contributed by atoms with E-state index in [1.165, 1.54) is 0 Å². The Morgan fingerprint density at radius 2 is 2.12 bits per heavy atom. The molecule has 100 valence electrons. The van der Waals surface area contributed by atoms with Crippen LogP contribution in [-0.2, 0) is 9.47 Å². The highest BCUT2D eigenvalue weighted by atomic mass is 16.5. The molecule has 0 aromatic carbocycles. The molecule has 2 saturated heterocycles. The van der Waals surface area contributed by atoms with Crippen molar-refractivity contribution < 1.29 is 9.47 Å². The van der Waals surface area contributed by atoms with Crippen molar-refractivity contribution in [1.82, 2.24) is 5.32 Å². The Morgan fingerprint density at radius 1 is 1.29 bits per heavy atom. The molecule has 2 heterocycles. The molecule has 0 radical (unpaired) electrons. The van der Waals surface area contributed by atoms with E-state index < -0.39 is 0 Å². The molecule has 2 aliphatic rings. The third-order valence-electron chi connectivity index (χ3n) is 4.43. The average Bonchev–Trinajstić information content (AvgIpc) is 2.32. The van der Waals surface area contributed by atoms with Crippen molar-refractivity contribution in [1.29, 1.82) is 0 Å². The zero-order valence-electron chi connectivity index (χ0n) is 11.5. The second-order valence-electron chi connectivity index (χ2n) is 5.96. The first-order valence-electron chi connectivity index (χ1n) is 7.11. The van der Waals surface area contributed by atoms with Crippen LogP contribution in [0.25, 0.3) is 0 Å². The summed E-state index contributed by atoms with van der Waals surface area (Å²) < 4.78 is 11.4. The molecule has 17 heavy (non-hydrogen) atoms.